The van der Waals surface area contributed by atoms with Crippen LogP contribution in [0.5, 0.6) is 0 Å². The number of nitrogens with zero attached hydrogens (tertiary/aromatic N) is 3. The predicted molar refractivity (Wildman–Crippen MR) is 133 cm³/mol. The van der Waals surface area contributed by atoms with Gasteiger partial charge in [-0.1, -0.05) is 6.07 Å². The molecule has 1 unspecified atom stereocenters. The van der Waals surface area contributed by atoms with E-state index in [0.29, 0.717) is 17.8 Å². The lowest BCUT2D eigenvalue weighted by atomic mass is 9.98. The lowest BCUT2D eigenvalue weighted by molar-refractivity contribution is -0.597. The minimum absolute atomic E-state index is 0.0611. The van der Waals surface area contributed by atoms with Crippen LogP contribution in [0, 0.1) is 30.2 Å². The summed E-state index contributed by atoms with van der Waals surface area (Å²) in [4.78, 5) is 34.2. The lowest BCUT2D eigenvalue weighted by Crippen LogP contribution is -2.48. The first-order valence-electron chi connectivity index (χ1n) is 12.2. The number of imidazole rings is 1. The van der Waals surface area contributed by atoms with E-state index in [9.17, 15) is 32.5 Å². The fourth-order valence-corrected chi connectivity index (χ4v) is 4.80. The molecular formula is C26H26F4N3O7P. The molecule has 1 amide bonds. The van der Waals surface area contributed by atoms with E-state index in [-0.39, 0.29) is 29.1 Å². The van der Waals surface area contributed by atoms with Gasteiger partial charge in [0, 0.05) is 6.92 Å². The molecule has 1 saturated heterocycles. The maximum absolute atomic E-state index is 15.1. The second kappa shape index (κ2) is 11.7. The minimum Gasteiger partial charge on any atom is -0.756 e. The van der Waals surface area contributed by atoms with E-state index in [1.54, 1.807) is 13.8 Å². The number of hydrogen-bond donors (Lipinski definition) is 2. The summed E-state index contributed by atoms with van der Waals surface area (Å²) in [6.45, 7) is 3.96. The molecule has 4 atom stereocenters. The number of aliphatic hydroxyl groups excluding tert-OH is 1. The smallest absolute Gasteiger partial charge is 0.289 e. The molecule has 2 heterocycles. The molecule has 4 rings (SSSR count). The van der Waals surface area contributed by atoms with Gasteiger partial charge in [-0.05, 0) is 55.3 Å². The van der Waals surface area contributed by atoms with Gasteiger partial charge >= 0.3 is 0 Å². The van der Waals surface area contributed by atoms with Crippen LogP contribution in [0.15, 0.2) is 48.6 Å². The van der Waals surface area contributed by atoms with Crippen LogP contribution in [-0.2, 0) is 25.4 Å². The molecule has 0 aliphatic carbocycles. The van der Waals surface area contributed by atoms with Crippen molar-refractivity contribution in [3.05, 3.63) is 88.7 Å². The highest BCUT2D eigenvalue weighted by atomic mass is 31.2. The lowest BCUT2D eigenvalue weighted by Gasteiger charge is -2.39. The fraction of sp³-hybridized carbons (Fsp3) is 0.308. The predicted octanol–water partition coefficient (Wildman–Crippen LogP) is 2.77. The molecule has 1 aromatic heterocycles. The fourth-order valence-electron chi connectivity index (χ4n) is 4.53. The average Bonchev–Trinajstić information content (AvgIpc) is 3.23. The highest BCUT2D eigenvalue weighted by Crippen LogP contribution is 2.33. The molecule has 15 heteroatoms. The molecule has 0 spiro atoms. The van der Waals surface area contributed by atoms with Gasteiger partial charge in [-0.3, -0.25) is 13.9 Å². The molecule has 1 aliphatic heterocycles. The first kappa shape index (κ1) is 30.4. The van der Waals surface area contributed by atoms with Gasteiger partial charge in [-0.25, -0.2) is 22.1 Å². The Morgan fingerprint density at radius 3 is 2.46 bits per heavy atom. The summed E-state index contributed by atoms with van der Waals surface area (Å²) in [5.41, 5.74) is 0.635. The third-order valence-corrected chi connectivity index (χ3v) is 6.79. The monoisotopic (exact) mass is 599 g/mol. The van der Waals surface area contributed by atoms with Crippen molar-refractivity contribution >= 4 is 19.8 Å². The molecule has 10 nitrogen and oxygen atoms in total. The number of morpholine rings is 1. The molecule has 0 saturated carbocycles. The van der Waals surface area contributed by atoms with E-state index in [4.69, 9.17) is 9.63 Å². The molecule has 2 aromatic carbocycles. The van der Waals surface area contributed by atoms with E-state index >= 15 is 4.39 Å². The van der Waals surface area contributed by atoms with Gasteiger partial charge in [0.1, 0.15) is 18.0 Å². The van der Waals surface area contributed by atoms with E-state index in [1.165, 1.54) is 46.8 Å². The van der Waals surface area contributed by atoms with E-state index in [0.717, 1.165) is 11.0 Å². The number of halogens is 4. The van der Waals surface area contributed by atoms with Crippen LogP contribution in [0.2, 0.25) is 0 Å². The number of carbonyl (C=O) groups excluding carboxylic acids is 1. The summed E-state index contributed by atoms with van der Waals surface area (Å²) >= 11 is 0. The Kier molecular flexibility index (Phi) is 8.71. The zero-order chi connectivity index (χ0) is 30.2. The number of aryl methyl sites for hydroxylation is 1. The Balaban J connectivity index is 1.62. The summed E-state index contributed by atoms with van der Waals surface area (Å²) in [5, 5.41) is 10.4. The van der Waals surface area contributed by atoms with E-state index < -0.39 is 62.0 Å². The number of aromatic nitrogens is 2. The number of benzene rings is 2. The first-order chi connectivity index (χ1) is 19.1. The molecule has 0 radical (unpaired) electrons. The number of amides is 1. The van der Waals surface area contributed by atoms with Crippen molar-refractivity contribution in [2.75, 3.05) is 6.54 Å². The number of phosphoric acid groups is 1. The van der Waals surface area contributed by atoms with Crippen molar-refractivity contribution in [2.45, 2.75) is 45.8 Å². The van der Waals surface area contributed by atoms with Crippen LogP contribution < -0.4 is 9.46 Å². The number of phosphoric ester groups is 1. The maximum atomic E-state index is 15.1. The third-order valence-electron chi connectivity index (χ3n) is 6.34. The van der Waals surface area contributed by atoms with Crippen molar-refractivity contribution in [1.82, 2.24) is 9.47 Å². The Morgan fingerprint density at radius 1 is 1.22 bits per heavy atom. The Morgan fingerprint density at radius 2 is 1.88 bits per heavy atom. The zero-order valence-electron chi connectivity index (χ0n) is 22.0. The second-order valence-corrected chi connectivity index (χ2v) is 10.8. The van der Waals surface area contributed by atoms with Crippen LogP contribution in [0.25, 0.3) is 11.8 Å². The van der Waals surface area contributed by atoms with Crippen LogP contribution in [0.4, 0.5) is 17.6 Å². The SMILES string of the molecule is Cc1c[n+](-c2ccc(/C=C3\O[C@@H](C)CN([C@H](c4cc(F)c(F)c(F)c4)[C@@H](C)O)C3=O)cc2F)cn1COP(=O)([O-])O. The van der Waals surface area contributed by atoms with Crippen molar-refractivity contribution in [3.63, 3.8) is 0 Å². The average molecular weight is 599 g/mol. The zero-order valence-corrected chi connectivity index (χ0v) is 22.9. The van der Waals surface area contributed by atoms with Crippen molar-refractivity contribution < 1.29 is 55.6 Å². The van der Waals surface area contributed by atoms with Gasteiger partial charge in [-0.15, -0.1) is 0 Å². The maximum Gasteiger partial charge on any atom is 0.289 e. The standard InChI is InChI=1S/C26H26F4N3O7P/c1-14-10-31(12-32(14)13-39-41(36,37)38)22-5-4-17(6-19(22)27)7-23-26(35)33(11-15(2)40-23)25(16(3)34)18-8-20(28)24(30)21(29)9-18/h4-10,12,15-16,25,34H,11,13H2,1-3H3,(H-,36,37,38)/b23-7-/t15-,16+,25-/m0/s1. The van der Waals surface area contributed by atoms with Crippen LogP contribution in [0.3, 0.4) is 0 Å². The van der Waals surface area contributed by atoms with Crippen molar-refractivity contribution in [2.24, 2.45) is 0 Å². The number of ether oxygens (including phenoxy) is 1. The normalized spacial score (nSPS) is 19.7. The molecule has 1 fully saturated rings. The Labute approximate surface area is 231 Å². The summed E-state index contributed by atoms with van der Waals surface area (Å²) in [6.07, 6.45) is 2.19. The van der Waals surface area contributed by atoms with Gasteiger partial charge in [0.25, 0.3) is 20.1 Å². The van der Waals surface area contributed by atoms with E-state index in [2.05, 4.69) is 4.52 Å². The summed E-state index contributed by atoms with van der Waals surface area (Å²) in [6, 6.07) is 4.18. The summed E-state index contributed by atoms with van der Waals surface area (Å²) < 4.78 is 80.2. The number of carbonyl (C=O) groups is 1. The van der Waals surface area contributed by atoms with E-state index in [1.807, 2.05) is 0 Å². The van der Waals surface area contributed by atoms with Crippen LogP contribution in [-0.4, -0.2) is 44.1 Å². The highest BCUT2D eigenvalue weighted by Gasteiger charge is 2.37. The van der Waals surface area contributed by atoms with Gasteiger partial charge in [-0.2, -0.15) is 4.57 Å². The second-order valence-electron chi connectivity index (χ2n) is 9.58. The Bertz CT molecular complexity index is 1530. The molecule has 3 aromatic rings. The molecule has 2 N–H and O–H groups in total. The number of rotatable bonds is 8. The van der Waals surface area contributed by atoms with Gasteiger partial charge < -0.3 is 24.5 Å². The van der Waals surface area contributed by atoms with Gasteiger partial charge in [0.2, 0.25) is 0 Å². The largest absolute Gasteiger partial charge is 0.756 e. The first-order valence-corrected chi connectivity index (χ1v) is 13.7. The molecule has 0 bridgehead atoms. The van der Waals surface area contributed by atoms with Crippen molar-refractivity contribution in [3.8, 4) is 5.69 Å². The van der Waals surface area contributed by atoms with Gasteiger partial charge in [0.05, 0.1) is 18.7 Å². The van der Waals surface area contributed by atoms with Crippen LogP contribution >= 0.6 is 7.82 Å². The highest BCUT2D eigenvalue weighted by molar-refractivity contribution is 7.44. The summed E-state index contributed by atoms with van der Waals surface area (Å²) in [7, 11) is -4.96. The summed E-state index contributed by atoms with van der Waals surface area (Å²) in [5.74, 6) is -6.30. The third kappa shape index (κ3) is 6.85. The van der Waals surface area contributed by atoms with Crippen molar-refractivity contribution in [1.29, 1.82) is 0 Å². The minimum atomic E-state index is -4.96. The van der Waals surface area contributed by atoms with Gasteiger partial charge in [0.15, 0.2) is 41.4 Å². The molecule has 41 heavy (non-hydrogen) atoms. The van der Waals surface area contributed by atoms with Crippen LogP contribution in [0.1, 0.15) is 36.7 Å². The number of hydrogen-bond acceptors (Lipinski definition) is 6. The number of aliphatic hydroxyl groups is 1. The Hall–Kier alpha value is -3.55. The quantitative estimate of drug-likeness (QED) is 0.134. The molecular weight excluding hydrogens is 573 g/mol. The molecule has 220 valence electrons. The topological polar surface area (TPSA) is 128 Å². The molecule has 1 aliphatic rings.